The van der Waals surface area contributed by atoms with Crippen molar-refractivity contribution in [3.63, 3.8) is 0 Å². The number of ether oxygens (including phenoxy) is 1. The van der Waals surface area contributed by atoms with Crippen molar-refractivity contribution < 1.29 is 14.3 Å². The van der Waals surface area contributed by atoms with Gasteiger partial charge in [-0.05, 0) is 109 Å². The number of hydrogen-bond donors (Lipinski definition) is 3. The first-order valence-electron chi connectivity index (χ1n) is 17.3. The second kappa shape index (κ2) is 16.9. The van der Waals surface area contributed by atoms with Crippen LogP contribution in [0.2, 0.25) is 0 Å². The van der Waals surface area contributed by atoms with Crippen molar-refractivity contribution >= 4 is 12.0 Å². The number of nitrogens with one attached hydrogen (secondary N) is 3. The molecule has 236 valence electrons. The molecule has 6 nitrogen and oxygen atoms in total. The van der Waals surface area contributed by atoms with E-state index < -0.39 is 5.60 Å². The molecule has 3 N–H and O–H groups in total. The Bertz CT molecular complexity index is 814. The number of alkyl carbamates (subject to hydrolysis) is 1. The third-order valence-electron chi connectivity index (χ3n) is 10.1. The standard InChI is InChI=1S/C35H63N3O3/c1-6-8-16-27-17-10-12-19-30(27)37-29(7-2)22-21-28-18-11-13-20-31(28)38-32(39)25-35(23-14-9-15-24-35)26-36-33(40)41-34(3,4)5/h6,8,27-31,37H,7,9-26H2,1-5H3,(H,36,40)(H,38,39)/b8-6-/t27-,28+,29?,30+,31+/m1/s1. The highest BCUT2D eigenvalue weighted by molar-refractivity contribution is 5.77. The van der Waals surface area contributed by atoms with Crippen molar-refractivity contribution in [2.24, 2.45) is 17.3 Å². The molecule has 0 aromatic heterocycles. The Kier molecular flexibility index (Phi) is 14.0. The van der Waals surface area contributed by atoms with E-state index in [0.717, 1.165) is 38.0 Å². The zero-order valence-corrected chi connectivity index (χ0v) is 27.2. The van der Waals surface area contributed by atoms with Gasteiger partial charge in [0.1, 0.15) is 5.60 Å². The van der Waals surface area contributed by atoms with Gasteiger partial charge in [0, 0.05) is 31.1 Å². The maximum Gasteiger partial charge on any atom is 0.407 e. The molecule has 41 heavy (non-hydrogen) atoms. The highest BCUT2D eigenvalue weighted by atomic mass is 16.6. The quantitative estimate of drug-likeness (QED) is 0.194. The lowest BCUT2D eigenvalue weighted by Gasteiger charge is -2.39. The van der Waals surface area contributed by atoms with E-state index in [0.29, 0.717) is 31.0 Å². The van der Waals surface area contributed by atoms with E-state index in [4.69, 9.17) is 4.74 Å². The summed E-state index contributed by atoms with van der Waals surface area (Å²) < 4.78 is 5.48. The average molecular weight is 574 g/mol. The molecule has 3 saturated carbocycles. The van der Waals surface area contributed by atoms with Crippen molar-refractivity contribution in [3.05, 3.63) is 12.2 Å². The monoisotopic (exact) mass is 573 g/mol. The van der Waals surface area contributed by atoms with Crippen molar-refractivity contribution in [2.75, 3.05) is 6.54 Å². The Morgan fingerprint density at radius 2 is 1.59 bits per heavy atom. The number of carbonyl (C=O) groups is 2. The summed E-state index contributed by atoms with van der Waals surface area (Å²) in [5, 5.41) is 10.6. The molecule has 3 aliphatic rings. The number of carbonyl (C=O) groups excluding carboxylic acids is 2. The van der Waals surface area contributed by atoms with Crippen molar-refractivity contribution in [1.82, 2.24) is 16.0 Å². The van der Waals surface area contributed by atoms with Crippen LogP contribution in [0.4, 0.5) is 4.79 Å². The van der Waals surface area contributed by atoms with Gasteiger partial charge in [0.2, 0.25) is 5.91 Å². The van der Waals surface area contributed by atoms with Gasteiger partial charge in [-0.3, -0.25) is 4.79 Å². The van der Waals surface area contributed by atoms with E-state index in [1.54, 1.807) is 0 Å². The second-order valence-corrected chi connectivity index (χ2v) is 14.6. The Labute approximate surface area is 252 Å². The van der Waals surface area contributed by atoms with Crippen LogP contribution in [0.25, 0.3) is 0 Å². The molecule has 3 rings (SSSR count). The SMILES string of the molecule is C/C=C\C[C@@H]1CCCC[C@@H]1NC(CC)CC[C@@H]1CCCC[C@@H]1NC(=O)CC1(CNC(=O)OC(C)(C)C)CCCCC1. The predicted octanol–water partition coefficient (Wildman–Crippen LogP) is 8.20. The first-order valence-corrected chi connectivity index (χ1v) is 17.3. The fourth-order valence-electron chi connectivity index (χ4n) is 7.78. The van der Waals surface area contributed by atoms with E-state index in [9.17, 15) is 9.59 Å². The zero-order valence-electron chi connectivity index (χ0n) is 27.2. The molecule has 1 unspecified atom stereocenters. The Hall–Kier alpha value is -1.56. The first kappa shape index (κ1) is 33.9. The summed E-state index contributed by atoms with van der Waals surface area (Å²) >= 11 is 0. The molecule has 0 aliphatic heterocycles. The van der Waals surface area contributed by atoms with Crippen molar-refractivity contribution in [1.29, 1.82) is 0 Å². The topological polar surface area (TPSA) is 79.5 Å². The summed E-state index contributed by atoms with van der Waals surface area (Å²) in [6.45, 7) is 10.6. The van der Waals surface area contributed by atoms with Gasteiger partial charge >= 0.3 is 6.09 Å². The number of hydrogen-bond acceptors (Lipinski definition) is 4. The minimum absolute atomic E-state index is 0.163. The van der Waals surface area contributed by atoms with Gasteiger partial charge in [0.25, 0.3) is 0 Å². The molecule has 0 bridgehead atoms. The van der Waals surface area contributed by atoms with Crippen LogP contribution in [0.5, 0.6) is 0 Å². The number of allylic oxidation sites excluding steroid dienone is 2. The summed E-state index contributed by atoms with van der Waals surface area (Å²) in [6.07, 6.45) is 25.1. The van der Waals surface area contributed by atoms with Crippen LogP contribution in [0, 0.1) is 17.3 Å². The summed E-state index contributed by atoms with van der Waals surface area (Å²) in [4.78, 5) is 25.9. The highest BCUT2D eigenvalue weighted by Crippen LogP contribution is 2.39. The molecule has 0 radical (unpaired) electrons. The largest absolute Gasteiger partial charge is 0.444 e. The molecule has 3 fully saturated rings. The molecule has 5 atom stereocenters. The van der Waals surface area contributed by atoms with Crippen LogP contribution in [0.1, 0.15) is 150 Å². The average Bonchev–Trinajstić information content (AvgIpc) is 2.94. The fourth-order valence-corrected chi connectivity index (χ4v) is 7.78. The maximum atomic E-state index is 13.5. The first-order chi connectivity index (χ1) is 19.6. The number of amides is 2. The van der Waals surface area contributed by atoms with Crippen LogP contribution in [-0.2, 0) is 9.53 Å². The van der Waals surface area contributed by atoms with Crippen LogP contribution < -0.4 is 16.0 Å². The minimum atomic E-state index is -0.520. The van der Waals surface area contributed by atoms with Gasteiger partial charge < -0.3 is 20.7 Å². The third-order valence-corrected chi connectivity index (χ3v) is 10.1. The Morgan fingerprint density at radius 3 is 2.24 bits per heavy atom. The smallest absolute Gasteiger partial charge is 0.407 e. The second-order valence-electron chi connectivity index (χ2n) is 14.6. The summed E-state index contributed by atoms with van der Waals surface area (Å²) in [6, 6.07) is 1.49. The van der Waals surface area contributed by atoms with Gasteiger partial charge in [0.15, 0.2) is 0 Å². The van der Waals surface area contributed by atoms with E-state index in [1.807, 2.05) is 20.8 Å². The third kappa shape index (κ3) is 11.9. The molecule has 6 heteroatoms. The molecule has 0 aromatic carbocycles. The molecule has 2 amide bonds. The van der Waals surface area contributed by atoms with E-state index in [2.05, 4.69) is 41.9 Å². The van der Waals surface area contributed by atoms with Gasteiger partial charge in [0.05, 0.1) is 0 Å². The van der Waals surface area contributed by atoms with E-state index in [-0.39, 0.29) is 23.5 Å². The lowest BCUT2D eigenvalue weighted by Crippen LogP contribution is -2.48. The van der Waals surface area contributed by atoms with Crippen LogP contribution >= 0.6 is 0 Å². The molecule has 0 spiro atoms. The number of rotatable bonds is 13. The lowest BCUT2D eigenvalue weighted by molar-refractivity contribution is -0.125. The fraction of sp³-hybridized carbons (Fsp3) is 0.886. The summed E-state index contributed by atoms with van der Waals surface area (Å²) in [5.74, 6) is 1.51. The lowest BCUT2D eigenvalue weighted by atomic mass is 9.71. The minimum Gasteiger partial charge on any atom is -0.444 e. The Morgan fingerprint density at radius 1 is 0.927 bits per heavy atom. The van der Waals surface area contributed by atoms with E-state index >= 15 is 0 Å². The predicted molar refractivity (Wildman–Crippen MR) is 170 cm³/mol. The van der Waals surface area contributed by atoms with Crippen LogP contribution in [0.3, 0.4) is 0 Å². The summed E-state index contributed by atoms with van der Waals surface area (Å²) in [5.41, 5.74) is -0.682. The zero-order chi connectivity index (χ0) is 29.7. The van der Waals surface area contributed by atoms with Gasteiger partial charge in [-0.2, -0.15) is 0 Å². The molecular weight excluding hydrogens is 510 g/mol. The highest BCUT2D eigenvalue weighted by Gasteiger charge is 2.37. The molecular formula is C35H63N3O3. The maximum absolute atomic E-state index is 13.5. The van der Waals surface area contributed by atoms with Gasteiger partial charge in [-0.1, -0.05) is 64.0 Å². The van der Waals surface area contributed by atoms with Crippen LogP contribution in [-0.4, -0.2) is 42.3 Å². The molecule has 0 saturated heterocycles. The Balaban J connectivity index is 1.52. The van der Waals surface area contributed by atoms with Crippen molar-refractivity contribution in [2.45, 2.75) is 174 Å². The van der Waals surface area contributed by atoms with Crippen molar-refractivity contribution in [3.8, 4) is 0 Å². The van der Waals surface area contributed by atoms with Gasteiger partial charge in [-0.15, -0.1) is 0 Å². The molecule has 0 heterocycles. The molecule has 0 aromatic rings. The van der Waals surface area contributed by atoms with E-state index in [1.165, 1.54) is 77.0 Å². The normalized spacial score (nSPS) is 27.7. The van der Waals surface area contributed by atoms with Gasteiger partial charge in [-0.25, -0.2) is 4.79 Å². The summed E-state index contributed by atoms with van der Waals surface area (Å²) in [7, 11) is 0. The van der Waals surface area contributed by atoms with Crippen LogP contribution in [0.15, 0.2) is 12.2 Å². The molecule has 3 aliphatic carbocycles.